The third kappa shape index (κ3) is 5.05. The van der Waals surface area contributed by atoms with Crippen LogP contribution in [0.4, 0.5) is 10.5 Å². The van der Waals surface area contributed by atoms with E-state index in [0.717, 1.165) is 10.5 Å². The van der Waals surface area contributed by atoms with Gasteiger partial charge in [0.15, 0.2) is 23.0 Å². The van der Waals surface area contributed by atoms with Gasteiger partial charge < -0.3 is 18.9 Å². The number of imide groups is 2. The summed E-state index contributed by atoms with van der Waals surface area (Å²) in [6, 6.07) is 14.4. The fourth-order valence-electron chi connectivity index (χ4n) is 3.92. The second-order valence-corrected chi connectivity index (χ2v) is 9.40. The molecule has 9 nitrogen and oxygen atoms in total. The second-order valence-electron chi connectivity index (χ2n) is 8.14. The second kappa shape index (κ2) is 10.8. The summed E-state index contributed by atoms with van der Waals surface area (Å²) < 4.78 is 23.0. The third-order valence-electron chi connectivity index (χ3n) is 5.69. The molecule has 0 aromatic heterocycles. The van der Waals surface area contributed by atoms with Crippen molar-refractivity contribution in [3.8, 4) is 23.0 Å². The molecular weight excluding hydrogens is 580 g/mol. The van der Waals surface area contributed by atoms with Gasteiger partial charge in [0, 0.05) is 16.7 Å². The van der Waals surface area contributed by atoms with Crippen molar-refractivity contribution in [3.63, 3.8) is 0 Å². The van der Waals surface area contributed by atoms with Gasteiger partial charge in [-0.3, -0.25) is 14.9 Å². The maximum atomic E-state index is 13.3. The molecule has 1 fully saturated rings. The fourth-order valence-corrected chi connectivity index (χ4v) is 4.69. The van der Waals surface area contributed by atoms with Crippen molar-refractivity contribution in [1.82, 2.24) is 5.32 Å². The molecule has 0 bridgehead atoms. The molecule has 2 aliphatic heterocycles. The third-order valence-corrected chi connectivity index (χ3v) is 6.65. The zero-order chi connectivity index (χ0) is 26.8. The molecule has 0 aliphatic carbocycles. The summed E-state index contributed by atoms with van der Waals surface area (Å²) in [4.78, 5) is 39.4. The number of amides is 4. The Kier molecular flexibility index (Phi) is 7.26. The van der Waals surface area contributed by atoms with Gasteiger partial charge in [-0.15, -0.1) is 0 Å². The number of nitrogens with one attached hydrogen (secondary N) is 1. The highest BCUT2D eigenvalue weighted by atomic mass is 79.9. The molecule has 0 radical (unpaired) electrons. The maximum absolute atomic E-state index is 13.3. The Labute approximate surface area is 231 Å². The zero-order valence-corrected chi connectivity index (χ0v) is 22.3. The van der Waals surface area contributed by atoms with Crippen LogP contribution in [0.25, 0.3) is 6.08 Å². The Hall–Kier alpha value is -4.02. The number of benzene rings is 3. The lowest BCUT2D eigenvalue weighted by Gasteiger charge is -2.26. The number of hydrogen-bond acceptors (Lipinski definition) is 7. The molecular formula is C27H20BrClN2O7. The molecule has 4 amide bonds. The Morgan fingerprint density at radius 1 is 1.05 bits per heavy atom. The molecule has 194 valence electrons. The molecule has 3 aromatic rings. The quantitative estimate of drug-likeness (QED) is 0.284. The number of barbiturate groups is 1. The maximum Gasteiger partial charge on any atom is 0.335 e. The fraction of sp³-hybridized carbons (Fsp3) is 0.148. The number of ether oxygens (including phenoxy) is 4. The Balaban J connectivity index is 1.46. The van der Waals surface area contributed by atoms with Gasteiger partial charge in [0.2, 0.25) is 6.79 Å². The van der Waals surface area contributed by atoms with Crippen LogP contribution in [0.15, 0.2) is 64.6 Å². The Morgan fingerprint density at radius 3 is 2.63 bits per heavy atom. The number of carbonyl (C=O) groups excluding carboxylic acids is 3. The number of anilines is 1. The molecule has 5 rings (SSSR count). The van der Waals surface area contributed by atoms with E-state index >= 15 is 0 Å². The normalized spacial score (nSPS) is 15.6. The number of halogens is 2. The lowest BCUT2D eigenvalue weighted by molar-refractivity contribution is -0.122. The van der Waals surface area contributed by atoms with Crippen LogP contribution in [-0.4, -0.2) is 31.2 Å². The van der Waals surface area contributed by atoms with Crippen molar-refractivity contribution in [2.24, 2.45) is 0 Å². The SMILES string of the molecule is CCOc1cc(/C=C2\C(=O)NC(=O)N(c3ccc4c(c3)OCO4)C2=O)cc(Br)c1OCc1ccccc1Cl. The van der Waals surface area contributed by atoms with Crippen molar-refractivity contribution < 1.29 is 33.3 Å². The molecule has 11 heteroatoms. The summed E-state index contributed by atoms with van der Waals surface area (Å²) in [6.07, 6.45) is 1.38. The van der Waals surface area contributed by atoms with Crippen molar-refractivity contribution in [3.05, 3.63) is 80.8 Å². The topological polar surface area (TPSA) is 103 Å². The van der Waals surface area contributed by atoms with E-state index in [2.05, 4.69) is 21.2 Å². The Morgan fingerprint density at radius 2 is 1.84 bits per heavy atom. The summed E-state index contributed by atoms with van der Waals surface area (Å²) in [5.74, 6) is 0.119. The van der Waals surface area contributed by atoms with Crippen LogP contribution in [0.1, 0.15) is 18.1 Å². The van der Waals surface area contributed by atoms with E-state index in [1.807, 2.05) is 25.1 Å². The van der Waals surface area contributed by atoms with Crippen molar-refractivity contribution in [1.29, 1.82) is 0 Å². The van der Waals surface area contributed by atoms with E-state index in [0.29, 0.717) is 44.7 Å². The summed E-state index contributed by atoms with van der Waals surface area (Å²) in [6.45, 7) is 2.41. The average Bonchev–Trinajstić information content (AvgIpc) is 3.35. The minimum Gasteiger partial charge on any atom is -0.490 e. The minimum atomic E-state index is -0.865. The smallest absolute Gasteiger partial charge is 0.335 e. The first kappa shape index (κ1) is 25.6. The Bertz CT molecular complexity index is 1490. The largest absolute Gasteiger partial charge is 0.490 e. The molecule has 1 N–H and O–H groups in total. The molecule has 0 spiro atoms. The van der Waals surface area contributed by atoms with Crippen LogP contribution >= 0.6 is 27.5 Å². The summed E-state index contributed by atoms with van der Waals surface area (Å²) in [5.41, 5.74) is 1.27. The first-order valence-electron chi connectivity index (χ1n) is 11.5. The summed E-state index contributed by atoms with van der Waals surface area (Å²) in [5, 5.41) is 2.79. The van der Waals surface area contributed by atoms with Gasteiger partial charge in [0.1, 0.15) is 12.2 Å². The van der Waals surface area contributed by atoms with Crippen LogP contribution in [0, 0.1) is 0 Å². The van der Waals surface area contributed by atoms with Crippen molar-refractivity contribution >= 4 is 57.1 Å². The van der Waals surface area contributed by atoms with E-state index in [4.69, 9.17) is 30.5 Å². The molecule has 0 atom stereocenters. The van der Waals surface area contributed by atoms with Crippen LogP contribution in [0.5, 0.6) is 23.0 Å². The lowest BCUT2D eigenvalue weighted by Crippen LogP contribution is -2.54. The van der Waals surface area contributed by atoms with E-state index in [1.54, 1.807) is 24.3 Å². The molecule has 1 saturated heterocycles. The van der Waals surface area contributed by atoms with Crippen molar-refractivity contribution in [2.45, 2.75) is 13.5 Å². The zero-order valence-electron chi connectivity index (χ0n) is 20.0. The highest BCUT2D eigenvalue weighted by Crippen LogP contribution is 2.39. The van der Waals surface area contributed by atoms with E-state index in [9.17, 15) is 14.4 Å². The lowest BCUT2D eigenvalue weighted by atomic mass is 10.1. The molecule has 3 aromatic carbocycles. The van der Waals surface area contributed by atoms with Gasteiger partial charge >= 0.3 is 6.03 Å². The first-order chi connectivity index (χ1) is 18.4. The average molecular weight is 600 g/mol. The minimum absolute atomic E-state index is 0.0394. The van der Waals surface area contributed by atoms with E-state index < -0.39 is 17.8 Å². The van der Waals surface area contributed by atoms with Gasteiger partial charge in [0.05, 0.1) is 16.8 Å². The summed E-state index contributed by atoms with van der Waals surface area (Å²) in [7, 11) is 0. The highest BCUT2D eigenvalue weighted by molar-refractivity contribution is 9.10. The number of fused-ring (bicyclic) bond motifs is 1. The van der Waals surface area contributed by atoms with Crippen LogP contribution < -0.4 is 29.2 Å². The molecule has 0 unspecified atom stereocenters. The van der Waals surface area contributed by atoms with Gasteiger partial charge in [-0.1, -0.05) is 29.8 Å². The predicted octanol–water partition coefficient (Wildman–Crippen LogP) is 5.48. The highest BCUT2D eigenvalue weighted by Gasteiger charge is 2.37. The number of urea groups is 1. The number of rotatable bonds is 7. The molecule has 2 heterocycles. The molecule has 0 saturated carbocycles. The summed E-state index contributed by atoms with van der Waals surface area (Å²) >= 11 is 9.74. The van der Waals surface area contributed by atoms with Gasteiger partial charge in [0.25, 0.3) is 11.8 Å². The molecule has 2 aliphatic rings. The predicted molar refractivity (Wildman–Crippen MR) is 143 cm³/mol. The van der Waals surface area contributed by atoms with E-state index in [1.165, 1.54) is 18.2 Å². The first-order valence-corrected chi connectivity index (χ1v) is 12.7. The van der Waals surface area contributed by atoms with Crippen molar-refractivity contribution in [2.75, 3.05) is 18.3 Å². The number of nitrogens with zero attached hydrogens (tertiary/aromatic N) is 1. The monoisotopic (exact) mass is 598 g/mol. The standard InChI is InChI=1S/C27H20BrClN2O7/c1-2-35-23-11-15(10-19(28)24(23)36-13-16-5-3-4-6-20(16)29)9-18-25(32)30-27(34)31(26(18)33)17-7-8-21-22(12-17)38-14-37-21/h3-12H,2,13-14H2,1H3,(H,30,32,34)/b18-9+. The van der Waals surface area contributed by atoms with Gasteiger partial charge in [-0.25, -0.2) is 9.69 Å². The van der Waals surface area contributed by atoms with E-state index in [-0.39, 0.29) is 24.7 Å². The van der Waals surface area contributed by atoms with Gasteiger partial charge in [-0.05, 0) is 64.8 Å². The number of carbonyl (C=O) groups is 3. The molecule has 38 heavy (non-hydrogen) atoms. The van der Waals surface area contributed by atoms with Crippen LogP contribution in [0.2, 0.25) is 5.02 Å². The number of hydrogen-bond donors (Lipinski definition) is 1. The van der Waals surface area contributed by atoms with Crippen LogP contribution in [-0.2, 0) is 16.2 Å². The van der Waals surface area contributed by atoms with Gasteiger partial charge in [-0.2, -0.15) is 0 Å². The van der Waals surface area contributed by atoms with Crippen LogP contribution in [0.3, 0.4) is 0 Å².